The maximum absolute atomic E-state index is 5.98. The molecule has 0 fully saturated rings. The molecule has 0 aliphatic carbocycles. The van der Waals surface area contributed by atoms with Crippen molar-refractivity contribution in [2.24, 2.45) is 0 Å². The van der Waals surface area contributed by atoms with Crippen molar-refractivity contribution in [3.05, 3.63) is 40.9 Å². The van der Waals surface area contributed by atoms with Crippen molar-refractivity contribution in [3.63, 3.8) is 0 Å². The fourth-order valence-electron chi connectivity index (χ4n) is 1.69. The molecular formula is C12H14BrN3. The Morgan fingerprint density at radius 2 is 2.25 bits per heavy atom. The summed E-state index contributed by atoms with van der Waals surface area (Å²) in [5.41, 5.74) is 7.72. The van der Waals surface area contributed by atoms with Gasteiger partial charge in [0.1, 0.15) is 5.82 Å². The molecule has 0 spiro atoms. The van der Waals surface area contributed by atoms with E-state index in [0.717, 1.165) is 34.5 Å². The molecule has 0 saturated heterocycles. The number of hydrogen-bond donors (Lipinski definition) is 1. The number of aryl methyl sites for hydroxylation is 1. The van der Waals surface area contributed by atoms with Crippen LogP contribution in [0.25, 0.3) is 5.69 Å². The van der Waals surface area contributed by atoms with Crippen LogP contribution in [0, 0.1) is 0 Å². The van der Waals surface area contributed by atoms with Crippen LogP contribution in [0.2, 0.25) is 0 Å². The highest BCUT2D eigenvalue weighted by atomic mass is 79.9. The second-order valence-electron chi connectivity index (χ2n) is 3.67. The van der Waals surface area contributed by atoms with Gasteiger partial charge in [0.2, 0.25) is 0 Å². The summed E-state index contributed by atoms with van der Waals surface area (Å²) in [6.07, 6.45) is 5.79. The molecule has 2 rings (SSSR count). The van der Waals surface area contributed by atoms with Crippen molar-refractivity contribution < 1.29 is 0 Å². The van der Waals surface area contributed by atoms with Crippen molar-refractivity contribution in [1.82, 2.24) is 9.55 Å². The second-order valence-corrected chi connectivity index (χ2v) is 4.58. The van der Waals surface area contributed by atoms with Crippen LogP contribution in [0.4, 0.5) is 5.69 Å². The predicted molar refractivity (Wildman–Crippen MR) is 69.7 cm³/mol. The average Bonchev–Trinajstić information content (AvgIpc) is 2.70. The number of aromatic nitrogens is 2. The van der Waals surface area contributed by atoms with Gasteiger partial charge in [0.05, 0.1) is 11.4 Å². The van der Waals surface area contributed by atoms with E-state index in [-0.39, 0.29) is 0 Å². The molecule has 84 valence electrons. The Balaban J connectivity index is 2.49. The zero-order valence-electron chi connectivity index (χ0n) is 9.15. The minimum Gasteiger partial charge on any atom is -0.397 e. The lowest BCUT2D eigenvalue weighted by Crippen LogP contribution is -2.03. The van der Waals surface area contributed by atoms with Crippen LogP contribution >= 0.6 is 15.9 Å². The van der Waals surface area contributed by atoms with Crippen LogP contribution < -0.4 is 5.73 Å². The third-order valence-electron chi connectivity index (χ3n) is 2.44. The van der Waals surface area contributed by atoms with Gasteiger partial charge in [-0.2, -0.15) is 0 Å². The molecule has 0 unspecified atom stereocenters. The number of nitrogens with zero attached hydrogens (tertiary/aromatic N) is 2. The third kappa shape index (κ3) is 2.11. The highest BCUT2D eigenvalue weighted by molar-refractivity contribution is 9.10. The highest BCUT2D eigenvalue weighted by Crippen LogP contribution is 2.23. The van der Waals surface area contributed by atoms with Gasteiger partial charge in [-0.1, -0.05) is 22.9 Å². The Bertz CT molecular complexity index is 491. The lowest BCUT2D eigenvalue weighted by molar-refractivity contribution is 0.810. The van der Waals surface area contributed by atoms with E-state index in [9.17, 15) is 0 Å². The molecule has 2 N–H and O–H groups in total. The number of hydrogen-bond acceptors (Lipinski definition) is 2. The molecule has 3 nitrogen and oxygen atoms in total. The van der Waals surface area contributed by atoms with Crippen LogP contribution in [-0.2, 0) is 6.42 Å². The topological polar surface area (TPSA) is 43.8 Å². The number of imidazole rings is 1. The zero-order chi connectivity index (χ0) is 11.5. The van der Waals surface area contributed by atoms with Crippen LogP contribution in [0.3, 0.4) is 0 Å². The molecule has 0 bridgehead atoms. The quantitative estimate of drug-likeness (QED) is 0.877. The molecular weight excluding hydrogens is 266 g/mol. The molecule has 0 atom stereocenters. The molecule has 0 aliphatic rings. The lowest BCUT2D eigenvalue weighted by Gasteiger charge is -2.10. The molecule has 4 heteroatoms. The van der Waals surface area contributed by atoms with E-state index in [1.54, 1.807) is 0 Å². The first-order valence-corrected chi connectivity index (χ1v) is 6.09. The van der Waals surface area contributed by atoms with E-state index in [4.69, 9.17) is 5.73 Å². The van der Waals surface area contributed by atoms with Crippen LogP contribution in [0.1, 0.15) is 19.2 Å². The number of rotatable bonds is 3. The summed E-state index contributed by atoms with van der Waals surface area (Å²) in [6.45, 7) is 2.14. The summed E-state index contributed by atoms with van der Waals surface area (Å²) < 4.78 is 3.07. The molecule has 0 saturated carbocycles. The Morgan fingerprint density at radius 1 is 1.44 bits per heavy atom. The van der Waals surface area contributed by atoms with E-state index in [1.807, 2.05) is 35.2 Å². The van der Waals surface area contributed by atoms with E-state index in [0.29, 0.717) is 0 Å². The summed E-state index contributed by atoms with van der Waals surface area (Å²) in [5, 5.41) is 0. The van der Waals surface area contributed by atoms with Gasteiger partial charge in [-0.05, 0) is 24.6 Å². The molecule has 0 aliphatic heterocycles. The SMILES string of the molecule is CCCc1nccn1-c1cc(Br)ccc1N. The first-order chi connectivity index (χ1) is 7.72. The van der Waals surface area contributed by atoms with Gasteiger partial charge in [0, 0.05) is 23.3 Å². The molecule has 2 aromatic rings. The molecule has 1 heterocycles. The first-order valence-electron chi connectivity index (χ1n) is 5.30. The van der Waals surface area contributed by atoms with Gasteiger partial charge in [-0.3, -0.25) is 0 Å². The second kappa shape index (κ2) is 4.70. The van der Waals surface area contributed by atoms with Crippen molar-refractivity contribution in [2.75, 3.05) is 5.73 Å². The number of nitrogens with two attached hydrogens (primary N) is 1. The van der Waals surface area contributed by atoms with Crippen LogP contribution in [-0.4, -0.2) is 9.55 Å². The Hall–Kier alpha value is -1.29. The van der Waals surface area contributed by atoms with Gasteiger partial charge < -0.3 is 10.3 Å². The third-order valence-corrected chi connectivity index (χ3v) is 2.94. The standard InChI is InChI=1S/C12H14BrN3/c1-2-3-12-15-6-7-16(12)11-8-9(13)4-5-10(11)14/h4-8H,2-3,14H2,1H3. The summed E-state index contributed by atoms with van der Waals surface area (Å²) in [4.78, 5) is 4.35. The maximum Gasteiger partial charge on any atom is 0.113 e. The Kier molecular flexibility index (Phi) is 3.29. The largest absolute Gasteiger partial charge is 0.397 e. The van der Waals surface area contributed by atoms with Gasteiger partial charge in [0.25, 0.3) is 0 Å². The maximum atomic E-state index is 5.98. The molecule has 0 amide bonds. The molecule has 1 aromatic carbocycles. The fourth-order valence-corrected chi connectivity index (χ4v) is 2.04. The van der Waals surface area contributed by atoms with Crippen LogP contribution in [0.15, 0.2) is 35.1 Å². The van der Waals surface area contributed by atoms with E-state index < -0.39 is 0 Å². The van der Waals surface area contributed by atoms with Gasteiger partial charge in [-0.15, -0.1) is 0 Å². The minimum absolute atomic E-state index is 0.763. The van der Waals surface area contributed by atoms with Gasteiger partial charge in [0.15, 0.2) is 0 Å². The summed E-state index contributed by atoms with van der Waals surface area (Å²) in [7, 11) is 0. The normalized spacial score (nSPS) is 10.6. The van der Waals surface area contributed by atoms with E-state index >= 15 is 0 Å². The smallest absolute Gasteiger partial charge is 0.113 e. The highest BCUT2D eigenvalue weighted by Gasteiger charge is 2.07. The van der Waals surface area contributed by atoms with Gasteiger partial charge in [-0.25, -0.2) is 4.98 Å². The summed E-state index contributed by atoms with van der Waals surface area (Å²) in [5.74, 6) is 1.05. The van der Waals surface area contributed by atoms with Crippen molar-refractivity contribution in [3.8, 4) is 5.69 Å². The predicted octanol–water partition coefficient (Wildman–Crippen LogP) is 3.17. The average molecular weight is 280 g/mol. The van der Waals surface area contributed by atoms with Crippen molar-refractivity contribution in [1.29, 1.82) is 0 Å². The Morgan fingerprint density at radius 3 is 3.00 bits per heavy atom. The number of anilines is 1. The fraction of sp³-hybridized carbons (Fsp3) is 0.250. The number of halogens is 1. The van der Waals surface area contributed by atoms with Crippen molar-refractivity contribution >= 4 is 21.6 Å². The first kappa shape index (κ1) is 11.2. The number of nitrogen functional groups attached to an aromatic ring is 1. The zero-order valence-corrected chi connectivity index (χ0v) is 10.7. The van der Waals surface area contributed by atoms with Gasteiger partial charge >= 0.3 is 0 Å². The summed E-state index contributed by atoms with van der Waals surface area (Å²) in [6, 6.07) is 5.85. The molecule has 0 radical (unpaired) electrons. The minimum atomic E-state index is 0.763. The van der Waals surface area contributed by atoms with E-state index in [2.05, 4.69) is 27.8 Å². The molecule has 16 heavy (non-hydrogen) atoms. The number of benzene rings is 1. The molecule has 1 aromatic heterocycles. The monoisotopic (exact) mass is 279 g/mol. The van der Waals surface area contributed by atoms with E-state index in [1.165, 1.54) is 0 Å². The van der Waals surface area contributed by atoms with Crippen molar-refractivity contribution in [2.45, 2.75) is 19.8 Å². The Labute approximate surface area is 103 Å². The summed E-state index contributed by atoms with van der Waals surface area (Å²) >= 11 is 3.46. The van der Waals surface area contributed by atoms with Crippen LogP contribution in [0.5, 0.6) is 0 Å². The lowest BCUT2D eigenvalue weighted by atomic mass is 10.2.